The van der Waals surface area contributed by atoms with Crippen LogP contribution in [-0.2, 0) is 9.59 Å². The van der Waals surface area contributed by atoms with Gasteiger partial charge >= 0.3 is 35.5 Å². The molecule has 0 atom stereocenters. The van der Waals surface area contributed by atoms with Crippen LogP contribution in [0.4, 0.5) is 4.39 Å². The Kier molecular flexibility index (Phi) is 7.13. The first-order chi connectivity index (χ1) is 3.18. The van der Waals surface area contributed by atoms with E-state index in [1.807, 2.05) is 0 Å². The molecule has 1 N–H and O–H groups in total. The Hall–Kier alpha value is 0.0700. The molecule has 0 aromatic carbocycles. The fraction of sp³-hybridized carbons (Fsp3) is 0.333. The van der Waals surface area contributed by atoms with E-state index < -0.39 is 18.4 Å². The molecule has 8 heavy (non-hydrogen) atoms. The summed E-state index contributed by atoms with van der Waals surface area (Å²) < 4.78 is 10.9. The van der Waals surface area contributed by atoms with Gasteiger partial charge in [0.15, 0.2) is 6.67 Å². The van der Waals surface area contributed by atoms with Crippen LogP contribution in [0.25, 0.3) is 0 Å². The predicted octanol–water partition coefficient (Wildman–Crippen LogP) is -1.04. The summed E-state index contributed by atoms with van der Waals surface area (Å²) >= 11 is 0. The molecule has 42 valence electrons. The first kappa shape index (κ1) is 10.9. The minimum absolute atomic E-state index is 0. The first-order valence-corrected chi connectivity index (χ1v) is 1.50. The Balaban J connectivity index is 0. The van der Waals surface area contributed by atoms with E-state index >= 15 is 0 Å². The van der Waals surface area contributed by atoms with Crippen molar-refractivity contribution in [2.75, 3.05) is 6.67 Å². The molecule has 0 aliphatic carbocycles. The molecule has 3 nitrogen and oxygen atoms in total. The van der Waals surface area contributed by atoms with Crippen LogP contribution in [0.15, 0.2) is 0 Å². The molecule has 0 aromatic heterocycles. The molecule has 0 amide bonds. The Bertz CT molecular complexity index is 103. The molecule has 0 aromatic rings. The van der Waals surface area contributed by atoms with Gasteiger partial charge in [-0.05, 0) is 0 Å². The van der Waals surface area contributed by atoms with Crippen molar-refractivity contribution in [3.8, 4) is 0 Å². The maximum absolute atomic E-state index is 10.9. The number of hydrogen-bond acceptors (Lipinski definition) is 2. The van der Waals surface area contributed by atoms with Crippen molar-refractivity contribution in [3.05, 3.63) is 0 Å². The van der Waals surface area contributed by atoms with E-state index in [-0.39, 0.29) is 29.6 Å². The number of carbonyl (C=O) groups is 2. The van der Waals surface area contributed by atoms with Gasteiger partial charge in [-0.2, -0.15) is 0 Å². The number of alkyl halides is 1. The number of rotatable bonds is 2. The summed E-state index contributed by atoms with van der Waals surface area (Å²) in [7, 11) is 0. The summed E-state index contributed by atoms with van der Waals surface area (Å²) in [5.74, 6) is -3.12. The summed E-state index contributed by atoms with van der Waals surface area (Å²) in [5, 5.41) is 7.59. The van der Waals surface area contributed by atoms with Gasteiger partial charge in [0.25, 0.3) is 5.78 Å². The molecule has 0 heterocycles. The average Bonchev–Trinajstić information content (AvgIpc) is 1.65. The van der Waals surface area contributed by atoms with Gasteiger partial charge in [-0.25, -0.2) is 9.18 Å². The molecule has 0 radical (unpaired) electrons. The molecular formula is C3H4FNaO3. The van der Waals surface area contributed by atoms with Crippen LogP contribution in [0.5, 0.6) is 0 Å². The number of hydrogen-bond donors (Lipinski definition) is 1. The van der Waals surface area contributed by atoms with Gasteiger partial charge in [0, 0.05) is 0 Å². The van der Waals surface area contributed by atoms with Crippen LogP contribution in [0.3, 0.4) is 0 Å². The monoisotopic (exact) mass is 130 g/mol. The van der Waals surface area contributed by atoms with Gasteiger partial charge < -0.3 is 5.11 Å². The van der Waals surface area contributed by atoms with E-state index in [9.17, 15) is 14.0 Å². The van der Waals surface area contributed by atoms with Crippen LogP contribution in [0.2, 0.25) is 0 Å². The van der Waals surface area contributed by atoms with Crippen molar-refractivity contribution < 1.29 is 19.1 Å². The molecule has 0 fully saturated rings. The second-order valence-corrected chi connectivity index (χ2v) is 0.862. The van der Waals surface area contributed by atoms with Crippen molar-refractivity contribution in [3.63, 3.8) is 0 Å². The van der Waals surface area contributed by atoms with Crippen LogP contribution in [0.1, 0.15) is 0 Å². The summed E-state index contributed by atoms with van der Waals surface area (Å²) in [6.45, 7) is -1.42. The number of carboxylic acids is 1. The third-order valence-electron chi connectivity index (χ3n) is 0.360. The zero-order valence-electron chi connectivity index (χ0n) is 3.35. The van der Waals surface area contributed by atoms with E-state index in [1.165, 1.54) is 0 Å². The quantitative estimate of drug-likeness (QED) is 0.383. The van der Waals surface area contributed by atoms with Crippen LogP contribution < -0.4 is 0 Å². The normalized spacial score (nSPS) is 7.12. The van der Waals surface area contributed by atoms with Crippen molar-refractivity contribution in [2.24, 2.45) is 0 Å². The van der Waals surface area contributed by atoms with E-state index in [1.54, 1.807) is 0 Å². The molecule has 0 unspecified atom stereocenters. The molecule has 0 aliphatic rings. The summed E-state index contributed by atoms with van der Waals surface area (Å²) in [6.07, 6.45) is 0. The Morgan fingerprint density at radius 3 is 1.88 bits per heavy atom. The third kappa shape index (κ3) is 4.23. The van der Waals surface area contributed by atoms with Gasteiger partial charge in [-0.1, -0.05) is 0 Å². The average molecular weight is 130 g/mol. The predicted molar refractivity (Wildman–Crippen MR) is 25.8 cm³/mol. The summed E-state index contributed by atoms with van der Waals surface area (Å²) in [6, 6.07) is 0. The van der Waals surface area contributed by atoms with E-state index in [0.29, 0.717) is 0 Å². The second kappa shape index (κ2) is 5.21. The molecule has 0 rings (SSSR count). The van der Waals surface area contributed by atoms with Crippen LogP contribution in [-0.4, -0.2) is 53.1 Å². The molecule has 0 saturated carbocycles. The molecule has 0 bridgehead atoms. The topological polar surface area (TPSA) is 54.4 Å². The van der Waals surface area contributed by atoms with E-state index in [2.05, 4.69) is 0 Å². The number of Topliss-reactive ketones (excluding diaryl/α,β-unsaturated/α-hetero) is 1. The van der Waals surface area contributed by atoms with Crippen molar-refractivity contribution in [2.45, 2.75) is 0 Å². The van der Waals surface area contributed by atoms with Gasteiger partial charge in [-0.3, -0.25) is 4.79 Å². The van der Waals surface area contributed by atoms with Gasteiger partial charge in [0.1, 0.15) is 0 Å². The zero-order valence-corrected chi connectivity index (χ0v) is 3.35. The molecule has 0 aliphatic heterocycles. The second-order valence-electron chi connectivity index (χ2n) is 0.862. The van der Waals surface area contributed by atoms with Gasteiger partial charge in [0.05, 0.1) is 0 Å². The SMILES string of the molecule is O=C(O)C(=O)CF.[NaH]. The van der Waals surface area contributed by atoms with E-state index in [4.69, 9.17) is 5.11 Å². The number of carboxylic acid groups (broad SMARTS) is 1. The van der Waals surface area contributed by atoms with Gasteiger partial charge in [-0.15, -0.1) is 0 Å². The Morgan fingerprint density at radius 1 is 1.50 bits per heavy atom. The van der Waals surface area contributed by atoms with E-state index in [0.717, 1.165) is 0 Å². The molecule has 0 spiro atoms. The summed E-state index contributed by atoms with van der Waals surface area (Å²) in [5.41, 5.74) is 0. The standard InChI is InChI=1S/C3H3FO3.Na.H/c4-1-2(5)3(6)7;;/h1H2,(H,6,7);;. The zero-order chi connectivity index (χ0) is 5.86. The van der Waals surface area contributed by atoms with Crippen molar-refractivity contribution in [1.29, 1.82) is 0 Å². The van der Waals surface area contributed by atoms with Gasteiger partial charge in [0.2, 0.25) is 0 Å². The fourth-order valence-corrected chi connectivity index (χ4v) is 0.0572. The van der Waals surface area contributed by atoms with Crippen LogP contribution >= 0.6 is 0 Å². The number of ketones is 1. The summed E-state index contributed by atoms with van der Waals surface area (Å²) in [4.78, 5) is 18.9. The van der Waals surface area contributed by atoms with Crippen molar-refractivity contribution in [1.82, 2.24) is 0 Å². The number of aliphatic carboxylic acids is 1. The Morgan fingerprint density at radius 2 is 1.88 bits per heavy atom. The third-order valence-corrected chi connectivity index (χ3v) is 0.360. The number of carbonyl (C=O) groups excluding carboxylic acids is 1. The minimum atomic E-state index is -1.72. The number of halogens is 1. The maximum atomic E-state index is 10.9. The fourth-order valence-electron chi connectivity index (χ4n) is 0.0572. The van der Waals surface area contributed by atoms with Crippen molar-refractivity contribution >= 4 is 41.3 Å². The molecule has 0 saturated heterocycles. The van der Waals surface area contributed by atoms with Crippen LogP contribution in [0, 0.1) is 0 Å². The first-order valence-electron chi connectivity index (χ1n) is 1.50. The molecular weight excluding hydrogens is 126 g/mol. The molecule has 5 heteroatoms. The Labute approximate surface area is 67.2 Å².